The van der Waals surface area contributed by atoms with Gasteiger partial charge in [-0.2, -0.15) is 23.9 Å². The third-order valence-electron chi connectivity index (χ3n) is 9.34. The maximum atomic E-state index is 4.22. The van der Waals surface area contributed by atoms with Crippen LogP contribution in [0.25, 0.3) is 11.3 Å². The van der Waals surface area contributed by atoms with E-state index in [2.05, 4.69) is 118 Å². The normalized spacial score (nSPS) is 16.4. The minimum absolute atomic E-state index is 0. The molecule has 5 aromatic rings. The molecule has 0 bridgehead atoms. The summed E-state index contributed by atoms with van der Waals surface area (Å²) >= 11 is 1.94. The van der Waals surface area contributed by atoms with Crippen molar-refractivity contribution in [2.75, 3.05) is 9.80 Å². The topological polar surface area (TPSA) is 19.4 Å². The Labute approximate surface area is 286 Å². The van der Waals surface area contributed by atoms with Gasteiger partial charge in [-0.25, -0.2) is 0 Å². The summed E-state index contributed by atoms with van der Waals surface area (Å²) in [5, 5.41) is 0. The van der Waals surface area contributed by atoms with Gasteiger partial charge < -0.3 is 14.8 Å². The van der Waals surface area contributed by atoms with E-state index in [1.165, 1.54) is 67.6 Å². The number of rotatable bonds is 2. The van der Waals surface area contributed by atoms with E-state index in [1.807, 2.05) is 54.2 Å². The van der Waals surface area contributed by atoms with Gasteiger partial charge in [-0.15, -0.1) is 53.7 Å². The third-order valence-corrected chi connectivity index (χ3v) is 10.5. The molecule has 0 unspecified atom stereocenters. The summed E-state index contributed by atoms with van der Waals surface area (Å²) in [5.74, 6) is 0. The number of nitrogens with zero attached hydrogens (tertiary/aromatic N) is 3. The molecule has 1 aliphatic carbocycles. The Morgan fingerprint density at radius 1 is 0.778 bits per heavy atom. The number of pyridine rings is 1. The van der Waals surface area contributed by atoms with Crippen LogP contribution in [0.4, 0.5) is 22.7 Å². The van der Waals surface area contributed by atoms with Gasteiger partial charge in [0.25, 0.3) is 0 Å². The fourth-order valence-corrected chi connectivity index (χ4v) is 8.28. The third kappa shape index (κ3) is 5.54. The van der Waals surface area contributed by atoms with Crippen LogP contribution >= 0.6 is 11.8 Å². The minimum Gasteiger partial charge on any atom is -0.492 e. The standard InChI is InChI=1S/C29H30N2S.C11H8N.Ir/c1-18-9-7-10-19(2)25(18)30-17-31-22-14-13-20-24(29(5,6)16-15-28(20,3)4)27(22)32-23-12-8-11-21(30)26(23)31;1-2-6-10(7-3-1)11-8-4-5-9-12-11;/h7-13,17H,15-16H2,1-6H3;1-6,8-9H;/q-2;-1;+3. The number of aromatic nitrogens is 1. The first-order valence-corrected chi connectivity index (χ1v) is 16.3. The number of benzene rings is 4. The van der Waals surface area contributed by atoms with E-state index in [4.69, 9.17) is 0 Å². The number of aryl methyl sites for hydroxylation is 2. The average molecular weight is 785 g/mol. The van der Waals surface area contributed by atoms with E-state index >= 15 is 0 Å². The van der Waals surface area contributed by atoms with E-state index in [1.54, 1.807) is 6.20 Å². The molecule has 3 aliphatic rings. The molecule has 3 nitrogen and oxygen atoms in total. The van der Waals surface area contributed by atoms with Crippen molar-refractivity contribution in [3.05, 3.63) is 132 Å². The first kappa shape index (κ1) is 31.6. The SMILES string of the molecule is Cc1cccc(C)c1N1[CH-]N2c3[c-]cc4c(c3Sc3cccc1c32)C(C)(C)CCC4(C)C.[Ir+3].[c-]1ccccc1-c1ccccn1. The van der Waals surface area contributed by atoms with Crippen LogP contribution in [-0.2, 0) is 30.9 Å². The molecule has 5 heteroatoms. The molecule has 0 fully saturated rings. The Kier molecular flexibility index (Phi) is 8.50. The molecular formula is C40H38IrN3S. The van der Waals surface area contributed by atoms with Crippen LogP contribution in [0.1, 0.15) is 62.8 Å². The van der Waals surface area contributed by atoms with Gasteiger partial charge in [0.1, 0.15) is 0 Å². The van der Waals surface area contributed by atoms with Crippen molar-refractivity contribution in [3.8, 4) is 11.3 Å². The molecule has 4 aromatic carbocycles. The molecule has 1 aromatic heterocycles. The number of hydrogen-bond acceptors (Lipinski definition) is 4. The van der Waals surface area contributed by atoms with Gasteiger partial charge in [0, 0.05) is 28.2 Å². The molecule has 0 radical (unpaired) electrons. The minimum atomic E-state index is 0. The predicted octanol–water partition coefficient (Wildman–Crippen LogP) is 10.9. The van der Waals surface area contributed by atoms with Crippen molar-refractivity contribution in [2.24, 2.45) is 0 Å². The Hall–Kier alpha value is -3.37. The summed E-state index contributed by atoms with van der Waals surface area (Å²) in [6.07, 6.45) is 4.23. The van der Waals surface area contributed by atoms with Crippen molar-refractivity contribution in [1.29, 1.82) is 0 Å². The van der Waals surface area contributed by atoms with E-state index in [-0.39, 0.29) is 30.9 Å². The largest absolute Gasteiger partial charge is 3.00 e. The Morgan fingerprint density at radius 3 is 2.22 bits per heavy atom. The molecule has 0 saturated heterocycles. The molecule has 0 atom stereocenters. The predicted molar refractivity (Wildman–Crippen MR) is 184 cm³/mol. The number of para-hydroxylation sites is 2. The number of hydrogen-bond donors (Lipinski definition) is 0. The molecule has 0 spiro atoms. The maximum Gasteiger partial charge on any atom is 3.00 e. The maximum absolute atomic E-state index is 4.22. The smallest absolute Gasteiger partial charge is 0.492 e. The van der Waals surface area contributed by atoms with Crippen molar-refractivity contribution < 1.29 is 20.1 Å². The number of fused-ring (bicyclic) bond motifs is 4. The molecule has 45 heavy (non-hydrogen) atoms. The fourth-order valence-electron chi connectivity index (χ4n) is 6.87. The molecule has 8 rings (SSSR count). The molecular weight excluding hydrogens is 747 g/mol. The van der Waals surface area contributed by atoms with Crippen molar-refractivity contribution in [1.82, 2.24) is 4.98 Å². The molecule has 0 saturated carbocycles. The summed E-state index contributed by atoms with van der Waals surface area (Å²) in [6.45, 7) is 16.3. The van der Waals surface area contributed by atoms with E-state index in [0.29, 0.717) is 0 Å². The summed E-state index contributed by atoms with van der Waals surface area (Å²) in [5.41, 5.74) is 13.0. The van der Waals surface area contributed by atoms with Crippen LogP contribution < -0.4 is 9.80 Å². The first-order valence-electron chi connectivity index (χ1n) is 15.4. The van der Waals surface area contributed by atoms with Crippen LogP contribution in [-0.4, -0.2) is 4.98 Å². The second-order valence-electron chi connectivity index (χ2n) is 13.3. The molecule has 0 amide bonds. The van der Waals surface area contributed by atoms with Crippen LogP contribution in [0.2, 0.25) is 0 Å². The first-order chi connectivity index (χ1) is 21.2. The van der Waals surface area contributed by atoms with E-state index in [9.17, 15) is 0 Å². The van der Waals surface area contributed by atoms with Gasteiger partial charge in [-0.1, -0.05) is 86.5 Å². The Morgan fingerprint density at radius 2 is 1.51 bits per heavy atom. The van der Waals surface area contributed by atoms with Crippen LogP contribution in [0, 0.1) is 32.6 Å². The quantitative estimate of drug-likeness (QED) is 0.166. The van der Waals surface area contributed by atoms with Crippen LogP contribution in [0.15, 0.2) is 101 Å². The Bertz CT molecular complexity index is 1790. The zero-order chi connectivity index (χ0) is 30.6. The summed E-state index contributed by atoms with van der Waals surface area (Å²) < 4.78 is 0. The van der Waals surface area contributed by atoms with Crippen molar-refractivity contribution in [3.63, 3.8) is 0 Å². The van der Waals surface area contributed by atoms with Gasteiger partial charge in [0.15, 0.2) is 0 Å². The van der Waals surface area contributed by atoms with Crippen molar-refractivity contribution >= 4 is 34.5 Å². The average Bonchev–Trinajstić information content (AvgIpc) is 3.41. The monoisotopic (exact) mass is 785 g/mol. The summed E-state index contributed by atoms with van der Waals surface area (Å²) in [7, 11) is 0. The number of anilines is 4. The van der Waals surface area contributed by atoms with Gasteiger partial charge in [0.2, 0.25) is 0 Å². The van der Waals surface area contributed by atoms with Crippen LogP contribution in [0.5, 0.6) is 0 Å². The van der Waals surface area contributed by atoms with Gasteiger partial charge >= 0.3 is 20.1 Å². The second kappa shape index (κ2) is 12.1. The molecule has 2 aliphatic heterocycles. The zero-order valence-corrected chi connectivity index (χ0v) is 29.9. The zero-order valence-electron chi connectivity index (χ0n) is 26.7. The van der Waals surface area contributed by atoms with Gasteiger partial charge in [-0.05, 0) is 60.7 Å². The second-order valence-corrected chi connectivity index (χ2v) is 14.4. The van der Waals surface area contributed by atoms with Gasteiger partial charge in [-0.3, -0.25) is 0 Å². The molecule has 3 heterocycles. The van der Waals surface area contributed by atoms with Gasteiger partial charge in [0.05, 0.1) is 0 Å². The van der Waals surface area contributed by atoms with Crippen LogP contribution in [0.3, 0.4) is 0 Å². The van der Waals surface area contributed by atoms with E-state index < -0.39 is 0 Å². The Balaban J connectivity index is 0.000000231. The van der Waals surface area contributed by atoms with Crippen molar-refractivity contribution in [2.45, 2.75) is 75.0 Å². The molecule has 0 N–H and O–H groups in total. The summed E-state index contributed by atoms with van der Waals surface area (Å²) in [4.78, 5) is 11.7. The summed E-state index contributed by atoms with van der Waals surface area (Å²) in [6, 6.07) is 36.1. The fraction of sp³-hybridized carbons (Fsp3) is 0.250. The molecule has 228 valence electrons. The van der Waals surface area contributed by atoms with E-state index in [0.717, 1.165) is 11.3 Å².